The van der Waals surface area contributed by atoms with E-state index in [0.29, 0.717) is 16.3 Å². The second-order valence-corrected chi connectivity index (χ2v) is 6.14. The maximum absolute atomic E-state index is 11.8. The molecule has 0 radical (unpaired) electrons. The first-order valence-corrected chi connectivity index (χ1v) is 8.24. The molecular weight excluding hydrogens is 340 g/mol. The maximum atomic E-state index is 11.8. The highest BCUT2D eigenvalue weighted by Gasteiger charge is 2.24. The first-order valence-electron chi connectivity index (χ1n) is 7.43. The summed E-state index contributed by atoms with van der Waals surface area (Å²) in [7, 11) is 0. The van der Waals surface area contributed by atoms with Crippen LogP contribution in [0.5, 0.6) is 5.75 Å². The Morgan fingerprint density at radius 1 is 1.08 bits per heavy atom. The van der Waals surface area contributed by atoms with E-state index in [-0.39, 0.29) is 17.8 Å². The van der Waals surface area contributed by atoms with Crippen LogP contribution in [0.1, 0.15) is 5.56 Å². The summed E-state index contributed by atoms with van der Waals surface area (Å²) < 4.78 is 5.43. The monoisotopic (exact) mass is 354 g/mol. The number of rotatable bonds is 5. The smallest absolute Gasteiger partial charge is 0.290 e. The van der Waals surface area contributed by atoms with Gasteiger partial charge in [0.1, 0.15) is 5.75 Å². The predicted molar refractivity (Wildman–Crippen MR) is 96.1 cm³/mol. The molecule has 0 aromatic heterocycles. The third-order valence-electron chi connectivity index (χ3n) is 3.25. The van der Waals surface area contributed by atoms with Gasteiger partial charge in [-0.05, 0) is 47.7 Å². The Hall–Kier alpha value is -3.06. The van der Waals surface area contributed by atoms with E-state index in [1.807, 2.05) is 18.2 Å². The molecule has 0 atom stereocenters. The lowest BCUT2D eigenvalue weighted by atomic mass is 10.2. The van der Waals surface area contributed by atoms with E-state index in [1.165, 1.54) is 0 Å². The molecule has 126 valence electrons. The Balaban J connectivity index is 1.54. The van der Waals surface area contributed by atoms with Gasteiger partial charge in [0.05, 0.1) is 4.91 Å². The number of amides is 3. The Bertz CT molecular complexity index is 832. The van der Waals surface area contributed by atoms with Crippen LogP contribution in [0.2, 0.25) is 0 Å². The van der Waals surface area contributed by atoms with Crippen LogP contribution in [-0.2, 0) is 9.59 Å². The minimum absolute atomic E-state index is 0.109. The van der Waals surface area contributed by atoms with E-state index in [2.05, 4.69) is 10.6 Å². The van der Waals surface area contributed by atoms with Crippen molar-refractivity contribution in [2.45, 2.75) is 0 Å². The molecule has 1 fully saturated rings. The van der Waals surface area contributed by atoms with Crippen molar-refractivity contribution in [1.82, 2.24) is 5.32 Å². The highest BCUT2D eigenvalue weighted by atomic mass is 32.2. The van der Waals surface area contributed by atoms with Crippen molar-refractivity contribution in [1.29, 1.82) is 0 Å². The number of anilines is 1. The molecule has 25 heavy (non-hydrogen) atoms. The lowest BCUT2D eigenvalue weighted by Crippen LogP contribution is -2.20. The fraction of sp³-hybridized carbons (Fsp3) is 0.0556. The number of hydrogen-bond donors (Lipinski definition) is 2. The fourth-order valence-electron chi connectivity index (χ4n) is 2.10. The zero-order chi connectivity index (χ0) is 17.6. The van der Waals surface area contributed by atoms with E-state index >= 15 is 0 Å². The van der Waals surface area contributed by atoms with Crippen molar-refractivity contribution in [3.63, 3.8) is 0 Å². The number of benzene rings is 2. The standard InChI is InChI=1S/C18H14N2O4S/c21-16(19-13-4-2-1-3-5-13)11-24-14-8-6-12(7-9-14)10-15-17(22)20-18(23)25-15/h1-10H,11H2,(H,19,21)(H,20,22,23)/b15-10-. The number of nitrogens with one attached hydrogen (secondary N) is 2. The number of carbonyl (C=O) groups is 3. The average Bonchev–Trinajstić information content (AvgIpc) is 2.92. The predicted octanol–water partition coefficient (Wildman–Crippen LogP) is 3.03. The summed E-state index contributed by atoms with van der Waals surface area (Å²) in [5.41, 5.74) is 1.47. The Morgan fingerprint density at radius 2 is 1.80 bits per heavy atom. The SMILES string of the molecule is O=C(COc1ccc(/C=C2\SC(=O)NC2=O)cc1)Nc1ccccc1. The van der Waals surface area contributed by atoms with Crippen LogP contribution in [0, 0.1) is 0 Å². The molecule has 1 aliphatic heterocycles. The fourth-order valence-corrected chi connectivity index (χ4v) is 2.78. The van der Waals surface area contributed by atoms with Gasteiger partial charge in [0.2, 0.25) is 0 Å². The van der Waals surface area contributed by atoms with E-state index in [4.69, 9.17) is 4.74 Å². The van der Waals surface area contributed by atoms with Crippen LogP contribution in [0.25, 0.3) is 6.08 Å². The number of carbonyl (C=O) groups excluding carboxylic acids is 3. The highest BCUT2D eigenvalue weighted by molar-refractivity contribution is 8.18. The second kappa shape index (κ2) is 7.67. The number of hydrogen-bond acceptors (Lipinski definition) is 5. The minimum Gasteiger partial charge on any atom is -0.484 e. The molecule has 6 nitrogen and oxygen atoms in total. The molecule has 1 heterocycles. The van der Waals surface area contributed by atoms with Crippen molar-refractivity contribution >= 4 is 40.6 Å². The molecule has 0 bridgehead atoms. The summed E-state index contributed by atoms with van der Waals surface area (Å²) in [4.78, 5) is 34.8. The van der Waals surface area contributed by atoms with Crippen molar-refractivity contribution in [2.24, 2.45) is 0 Å². The normalized spacial score (nSPS) is 15.1. The minimum atomic E-state index is -0.395. The molecule has 2 aromatic rings. The molecule has 0 unspecified atom stereocenters. The quantitative estimate of drug-likeness (QED) is 0.806. The van der Waals surface area contributed by atoms with E-state index in [1.54, 1.807) is 42.5 Å². The summed E-state index contributed by atoms with van der Waals surface area (Å²) in [5, 5.41) is 4.55. The molecule has 3 amide bonds. The summed E-state index contributed by atoms with van der Waals surface area (Å²) in [5.74, 6) is -0.118. The van der Waals surface area contributed by atoms with Gasteiger partial charge in [0.15, 0.2) is 6.61 Å². The molecule has 3 rings (SSSR count). The van der Waals surface area contributed by atoms with Crippen LogP contribution in [-0.4, -0.2) is 23.7 Å². The number of para-hydroxylation sites is 1. The van der Waals surface area contributed by atoms with E-state index in [0.717, 1.165) is 17.3 Å². The van der Waals surface area contributed by atoms with Crippen LogP contribution < -0.4 is 15.4 Å². The van der Waals surface area contributed by atoms with Gasteiger partial charge in [-0.2, -0.15) is 0 Å². The van der Waals surface area contributed by atoms with Gasteiger partial charge >= 0.3 is 0 Å². The Kier molecular flexibility index (Phi) is 5.15. The molecule has 1 aliphatic rings. The van der Waals surface area contributed by atoms with Crippen molar-refractivity contribution in [2.75, 3.05) is 11.9 Å². The van der Waals surface area contributed by atoms with Crippen molar-refractivity contribution < 1.29 is 19.1 Å². The molecule has 0 saturated carbocycles. The molecule has 0 aliphatic carbocycles. The van der Waals surface area contributed by atoms with Gasteiger partial charge in [-0.3, -0.25) is 19.7 Å². The van der Waals surface area contributed by atoms with Crippen LogP contribution in [0.4, 0.5) is 10.5 Å². The first-order chi connectivity index (χ1) is 12.1. The van der Waals surface area contributed by atoms with Gasteiger partial charge in [-0.25, -0.2) is 0 Å². The van der Waals surface area contributed by atoms with Gasteiger partial charge < -0.3 is 10.1 Å². The molecule has 2 aromatic carbocycles. The maximum Gasteiger partial charge on any atom is 0.290 e. The molecular formula is C18H14N2O4S. The van der Waals surface area contributed by atoms with Crippen LogP contribution in [0.15, 0.2) is 59.5 Å². The van der Waals surface area contributed by atoms with E-state index in [9.17, 15) is 14.4 Å². The number of ether oxygens (including phenoxy) is 1. The van der Waals surface area contributed by atoms with Crippen LogP contribution >= 0.6 is 11.8 Å². The van der Waals surface area contributed by atoms with Crippen molar-refractivity contribution in [3.8, 4) is 5.75 Å². The lowest BCUT2D eigenvalue weighted by Gasteiger charge is -2.07. The number of thioether (sulfide) groups is 1. The molecule has 1 saturated heterocycles. The Morgan fingerprint density at radius 3 is 2.44 bits per heavy atom. The van der Waals surface area contributed by atoms with Gasteiger partial charge in [-0.1, -0.05) is 30.3 Å². The first kappa shape index (κ1) is 16.8. The third kappa shape index (κ3) is 4.71. The topological polar surface area (TPSA) is 84.5 Å². The zero-order valence-electron chi connectivity index (χ0n) is 13.0. The third-order valence-corrected chi connectivity index (χ3v) is 4.06. The van der Waals surface area contributed by atoms with Crippen LogP contribution in [0.3, 0.4) is 0 Å². The van der Waals surface area contributed by atoms with Gasteiger partial charge in [0.25, 0.3) is 17.1 Å². The van der Waals surface area contributed by atoms with E-state index < -0.39 is 5.91 Å². The lowest BCUT2D eigenvalue weighted by molar-refractivity contribution is -0.118. The van der Waals surface area contributed by atoms with Crippen molar-refractivity contribution in [3.05, 3.63) is 65.1 Å². The molecule has 2 N–H and O–H groups in total. The Labute approximate surface area is 148 Å². The molecule has 0 spiro atoms. The summed E-state index contributed by atoms with van der Waals surface area (Å²) in [6.45, 7) is -0.109. The van der Waals surface area contributed by atoms with Gasteiger partial charge in [-0.15, -0.1) is 0 Å². The number of imide groups is 1. The molecule has 7 heteroatoms. The highest BCUT2D eigenvalue weighted by Crippen LogP contribution is 2.26. The summed E-state index contributed by atoms with van der Waals surface area (Å²) >= 11 is 0.865. The average molecular weight is 354 g/mol. The summed E-state index contributed by atoms with van der Waals surface area (Å²) in [6.07, 6.45) is 1.62. The largest absolute Gasteiger partial charge is 0.484 e. The van der Waals surface area contributed by atoms with Gasteiger partial charge in [0, 0.05) is 5.69 Å². The summed E-state index contributed by atoms with van der Waals surface area (Å²) in [6, 6.07) is 16.0. The zero-order valence-corrected chi connectivity index (χ0v) is 13.8. The second-order valence-electron chi connectivity index (χ2n) is 5.12.